The molecule has 0 spiro atoms. The van der Waals surface area contributed by atoms with Crippen molar-refractivity contribution in [2.45, 2.75) is 18.8 Å². The van der Waals surface area contributed by atoms with Gasteiger partial charge in [-0.1, -0.05) is 18.2 Å². The Morgan fingerprint density at radius 3 is 2.74 bits per heavy atom. The van der Waals surface area contributed by atoms with Crippen molar-refractivity contribution in [3.05, 3.63) is 70.9 Å². The third-order valence-electron chi connectivity index (χ3n) is 4.82. The molecule has 138 valence electrons. The van der Waals surface area contributed by atoms with Gasteiger partial charge in [0.25, 0.3) is 5.91 Å². The first-order valence-corrected chi connectivity index (χ1v) is 8.92. The van der Waals surface area contributed by atoms with Gasteiger partial charge in [0.05, 0.1) is 11.9 Å². The van der Waals surface area contributed by atoms with Crippen molar-refractivity contribution in [2.24, 2.45) is 7.05 Å². The molecule has 1 amide bonds. The fourth-order valence-corrected chi connectivity index (χ4v) is 3.51. The zero-order chi connectivity index (χ0) is 18.8. The molecule has 0 saturated carbocycles. The lowest BCUT2D eigenvalue weighted by Gasteiger charge is -2.32. The second-order valence-electron chi connectivity index (χ2n) is 6.62. The number of para-hydroxylation sites is 1. The molecule has 8 nitrogen and oxygen atoms in total. The van der Waals surface area contributed by atoms with Gasteiger partial charge in [0, 0.05) is 38.4 Å². The van der Waals surface area contributed by atoms with Crippen molar-refractivity contribution in [1.29, 1.82) is 0 Å². The van der Waals surface area contributed by atoms with Crippen molar-refractivity contribution in [1.82, 2.24) is 29.2 Å². The summed E-state index contributed by atoms with van der Waals surface area (Å²) in [7, 11) is 1.65. The molecule has 4 rings (SSSR count). The lowest BCUT2D eigenvalue weighted by molar-refractivity contribution is 0.0697. The van der Waals surface area contributed by atoms with Crippen molar-refractivity contribution in [2.75, 3.05) is 13.1 Å². The van der Waals surface area contributed by atoms with Gasteiger partial charge >= 0.3 is 5.69 Å². The van der Waals surface area contributed by atoms with Gasteiger partial charge in [-0.2, -0.15) is 5.10 Å². The van der Waals surface area contributed by atoms with Crippen LogP contribution in [0.25, 0.3) is 5.69 Å². The van der Waals surface area contributed by atoms with E-state index >= 15 is 0 Å². The Morgan fingerprint density at radius 1 is 1.19 bits per heavy atom. The SMILES string of the molecule is Cn1nc(C2CCCN(C(=O)c3cnccn3)C2)n(-c2ccccc2)c1=O. The van der Waals surface area contributed by atoms with Crippen molar-refractivity contribution in [3.63, 3.8) is 0 Å². The summed E-state index contributed by atoms with van der Waals surface area (Å²) >= 11 is 0. The first-order chi connectivity index (χ1) is 13.1. The predicted molar refractivity (Wildman–Crippen MR) is 98.7 cm³/mol. The maximum Gasteiger partial charge on any atom is 0.350 e. The maximum atomic E-state index is 12.7. The van der Waals surface area contributed by atoms with Crippen LogP contribution in [-0.4, -0.2) is 48.2 Å². The number of likely N-dealkylation sites (tertiary alicyclic amines) is 1. The minimum absolute atomic E-state index is 0.0199. The van der Waals surface area contributed by atoms with Crippen molar-refractivity contribution < 1.29 is 4.79 Å². The van der Waals surface area contributed by atoms with Crippen LogP contribution in [0.15, 0.2) is 53.7 Å². The number of carbonyl (C=O) groups is 1. The summed E-state index contributed by atoms with van der Waals surface area (Å²) in [6, 6.07) is 9.47. The molecular weight excluding hydrogens is 344 g/mol. The number of amides is 1. The van der Waals surface area contributed by atoms with Gasteiger partial charge in [0.1, 0.15) is 11.5 Å². The van der Waals surface area contributed by atoms with Crippen molar-refractivity contribution >= 4 is 5.91 Å². The van der Waals surface area contributed by atoms with Gasteiger partial charge < -0.3 is 4.90 Å². The highest BCUT2D eigenvalue weighted by Crippen LogP contribution is 2.27. The van der Waals surface area contributed by atoms with E-state index in [4.69, 9.17) is 0 Å². The van der Waals surface area contributed by atoms with E-state index in [2.05, 4.69) is 15.1 Å². The first-order valence-electron chi connectivity index (χ1n) is 8.92. The molecule has 1 aromatic carbocycles. The lowest BCUT2D eigenvalue weighted by Crippen LogP contribution is -2.40. The summed E-state index contributed by atoms with van der Waals surface area (Å²) in [6.45, 7) is 1.16. The smallest absolute Gasteiger partial charge is 0.337 e. The molecule has 1 aliphatic rings. The van der Waals surface area contributed by atoms with Crippen LogP contribution < -0.4 is 5.69 Å². The van der Waals surface area contributed by atoms with E-state index < -0.39 is 0 Å². The third kappa shape index (κ3) is 3.25. The number of benzene rings is 1. The standard InChI is InChI=1S/C19H20N6O2/c1-23-19(27)25(15-7-3-2-4-8-15)17(22-23)14-6-5-11-24(13-14)18(26)16-12-20-9-10-21-16/h2-4,7-10,12,14H,5-6,11,13H2,1H3. The molecule has 1 unspecified atom stereocenters. The van der Waals surface area contributed by atoms with Crippen LogP contribution >= 0.6 is 0 Å². The molecule has 3 heterocycles. The van der Waals surface area contributed by atoms with E-state index in [1.54, 1.807) is 22.7 Å². The molecule has 2 aromatic heterocycles. The number of hydrogen-bond donors (Lipinski definition) is 0. The first kappa shape index (κ1) is 17.1. The summed E-state index contributed by atoms with van der Waals surface area (Å²) in [6.07, 6.45) is 6.25. The molecule has 0 N–H and O–H groups in total. The molecule has 27 heavy (non-hydrogen) atoms. The van der Waals surface area contributed by atoms with Crippen LogP contribution in [0.4, 0.5) is 0 Å². The topological polar surface area (TPSA) is 85.9 Å². The normalized spacial score (nSPS) is 17.1. The lowest BCUT2D eigenvalue weighted by atomic mass is 9.96. The zero-order valence-corrected chi connectivity index (χ0v) is 15.0. The van der Waals surface area contributed by atoms with Crippen molar-refractivity contribution in [3.8, 4) is 5.69 Å². The van der Waals surface area contributed by atoms with E-state index in [1.807, 2.05) is 30.3 Å². The molecule has 8 heteroatoms. The maximum absolute atomic E-state index is 12.7. The monoisotopic (exact) mass is 364 g/mol. The molecule has 1 atom stereocenters. The van der Waals surface area contributed by atoms with Crippen LogP contribution in [0.3, 0.4) is 0 Å². The highest BCUT2D eigenvalue weighted by molar-refractivity contribution is 5.92. The van der Waals surface area contributed by atoms with Crippen LogP contribution in [-0.2, 0) is 7.05 Å². The number of rotatable bonds is 3. The summed E-state index contributed by atoms with van der Waals surface area (Å²) in [5.74, 6) is 0.524. The Kier molecular flexibility index (Phi) is 4.53. The molecule has 0 bridgehead atoms. The second-order valence-corrected chi connectivity index (χ2v) is 6.62. The molecule has 3 aromatic rings. The molecule has 1 aliphatic heterocycles. The highest BCUT2D eigenvalue weighted by Gasteiger charge is 2.30. The predicted octanol–water partition coefficient (Wildman–Crippen LogP) is 1.38. The molecule has 0 aliphatic carbocycles. The van der Waals surface area contributed by atoms with Gasteiger partial charge in [-0.05, 0) is 25.0 Å². The number of piperidine rings is 1. The average Bonchev–Trinajstić information content (AvgIpc) is 3.03. The van der Waals surface area contributed by atoms with Crippen LogP contribution in [0.2, 0.25) is 0 Å². The number of aryl methyl sites for hydroxylation is 1. The minimum Gasteiger partial charge on any atom is -0.337 e. The molecular formula is C19H20N6O2. The molecule has 1 saturated heterocycles. The number of aromatic nitrogens is 5. The van der Waals surface area contributed by atoms with E-state index in [0.29, 0.717) is 24.6 Å². The molecule has 0 radical (unpaired) electrons. The zero-order valence-electron chi connectivity index (χ0n) is 15.0. The number of nitrogens with zero attached hydrogens (tertiary/aromatic N) is 6. The van der Waals surface area contributed by atoms with E-state index in [-0.39, 0.29) is 17.5 Å². The fourth-order valence-electron chi connectivity index (χ4n) is 3.51. The third-order valence-corrected chi connectivity index (χ3v) is 4.82. The van der Waals surface area contributed by atoms with Gasteiger partial charge in [0.2, 0.25) is 0 Å². The number of carbonyl (C=O) groups excluding carboxylic acids is 1. The Bertz CT molecular complexity index is 996. The Balaban J connectivity index is 1.66. The molecule has 1 fully saturated rings. The largest absolute Gasteiger partial charge is 0.350 e. The summed E-state index contributed by atoms with van der Waals surface area (Å²) in [5.41, 5.74) is 0.927. The number of hydrogen-bond acceptors (Lipinski definition) is 5. The van der Waals surface area contributed by atoms with Crippen LogP contribution in [0.5, 0.6) is 0 Å². The van der Waals surface area contributed by atoms with Gasteiger partial charge in [0.15, 0.2) is 0 Å². The van der Waals surface area contributed by atoms with Gasteiger partial charge in [-0.3, -0.25) is 9.78 Å². The van der Waals surface area contributed by atoms with E-state index in [0.717, 1.165) is 18.5 Å². The van der Waals surface area contributed by atoms with Crippen LogP contribution in [0, 0.1) is 0 Å². The average molecular weight is 364 g/mol. The van der Waals surface area contributed by atoms with Gasteiger partial charge in [-0.25, -0.2) is 19.0 Å². The second kappa shape index (κ2) is 7.14. The van der Waals surface area contributed by atoms with E-state index in [1.165, 1.54) is 17.1 Å². The Morgan fingerprint density at radius 2 is 2.00 bits per heavy atom. The minimum atomic E-state index is -0.187. The fraction of sp³-hybridized carbons (Fsp3) is 0.316. The highest BCUT2D eigenvalue weighted by atomic mass is 16.2. The summed E-state index contributed by atoms with van der Waals surface area (Å²) < 4.78 is 2.99. The Hall–Kier alpha value is -3.29. The summed E-state index contributed by atoms with van der Waals surface area (Å²) in [5, 5.41) is 4.48. The van der Waals surface area contributed by atoms with E-state index in [9.17, 15) is 9.59 Å². The van der Waals surface area contributed by atoms with Gasteiger partial charge in [-0.15, -0.1) is 0 Å². The quantitative estimate of drug-likeness (QED) is 0.701. The summed E-state index contributed by atoms with van der Waals surface area (Å²) in [4.78, 5) is 35.2. The van der Waals surface area contributed by atoms with Crippen LogP contribution in [0.1, 0.15) is 35.1 Å². The Labute approximate surface area is 156 Å².